The number of carboxylic acid groups (broad SMARTS) is 1. The molecule has 0 saturated carbocycles. The first-order valence-electron chi connectivity index (χ1n) is 6.37. The average molecular weight is 310 g/mol. The molecule has 22 heavy (non-hydrogen) atoms. The monoisotopic (exact) mass is 310 g/mol. The molecule has 0 fully saturated rings. The quantitative estimate of drug-likeness (QED) is 0.718. The van der Waals surface area contributed by atoms with Gasteiger partial charge in [0.05, 0.1) is 25.5 Å². The highest BCUT2D eigenvalue weighted by atomic mass is 16.5. The van der Waals surface area contributed by atoms with E-state index in [1.165, 1.54) is 40.2 Å². The summed E-state index contributed by atoms with van der Waals surface area (Å²) in [5, 5.41) is 14.0. The molecule has 1 unspecified atom stereocenters. The van der Waals surface area contributed by atoms with E-state index in [9.17, 15) is 14.4 Å². The molecular formula is C14H18N2O6. The van der Waals surface area contributed by atoms with Gasteiger partial charge in [0, 0.05) is 6.92 Å². The van der Waals surface area contributed by atoms with Crippen molar-refractivity contribution in [3.63, 3.8) is 0 Å². The second kappa shape index (κ2) is 7.30. The van der Waals surface area contributed by atoms with Crippen molar-refractivity contribution in [2.75, 3.05) is 19.5 Å². The third kappa shape index (κ3) is 4.11. The van der Waals surface area contributed by atoms with Crippen molar-refractivity contribution >= 4 is 23.5 Å². The molecule has 0 aliphatic heterocycles. The zero-order chi connectivity index (χ0) is 16.9. The van der Waals surface area contributed by atoms with Crippen molar-refractivity contribution in [3.05, 3.63) is 17.7 Å². The molecule has 1 rings (SSSR count). The Hall–Kier alpha value is -2.77. The van der Waals surface area contributed by atoms with Crippen molar-refractivity contribution in [2.45, 2.75) is 19.9 Å². The van der Waals surface area contributed by atoms with Crippen LogP contribution >= 0.6 is 0 Å². The minimum absolute atomic E-state index is 0.0693. The van der Waals surface area contributed by atoms with Gasteiger partial charge in [0.1, 0.15) is 6.04 Å². The van der Waals surface area contributed by atoms with Gasteiger partial charge in [-0.15, -0.1) is 0 Å². The summed E-state index contributed by atoms with van der Waals surface area (Å²) >= 11 is 0. The molecule has 8 nitrogen and oxygen atoms in total. The molecule has 0 radical (unpaired) electrons. The Morgan fingerprint density at radius 3 is 2.27 bits per heavy atom. The van der Waals surface area contributed by atoms with E-state index < -0.39 is 17.9 Å². The maximum Gasteiger partial charge on any atom is 0.335 e. The van der Waals surface area contributed by atoms with Crippen molar-refractivity contribution in [1.29, 1.82) is 0 Å². The number of benzene rings is 1. The summed E-state index contributed by atoms with van der Waals surface area (Å²) in [6.45, 7) is 2.79. The minimum atomic E-state index is -1.17. The minimum Gasteiger partial charge on any atom is -0.493 e. The van der Waals surface area contributed by atoms with Crippen LogP contribution in [-0.2, 0) is 9.59 Å². The van der Waals surface area contributed by atoms with Crippen LogP contribution in [-0.4, -0.2) is 43.2 Å². The highest BCUT2D eigenvalue weighted by Crippen LogP contribution is 2.36. The first-order chi connectivity index (χ1) is 10.3. The predicted molar refractivity (Wildman–Crippen MR) is 78.4 cm³/mol. The van der Waals surface area contributed by atoms with E-state index in [1.54, 1.807) is 0 Å². The summed E-state index contributed by atoms with van der Waals surface area (Å²) in [6.07, 6.45) is 0. The summed E-state index contributed by atoms with van der Waals surface area (Å²) in [5.74, 6) is -1.68. The molecule has 120 valence electrons. The van der Waals surface area contributed by atoms with Gasteiger partial charge in [0.2, 0.25) is 11.8 Å². The zero-order valence-corrected chi connectivity index (χ0v) is 12.7. The maximum absolute atomic E-state index is 12.0. The van der Waals surface area contributed by atoms with E-state index in [0.29, 0.717) is 0 Å². The number of carboxylic acids is 1. The van der Waals surface area contributed by atoms with Gasteiger partial charge in [-0.05, 0) is 19.1 Å². The lowest BCUT2D eigenvalue weighted by atomic mass is 10.1. The molecular weight excluding hydrogens is 292 g/mol. The Bertz CT molecular complexity index is 599. The molecule has 0 aliphatic rings. The molecule has 0 heterocycles. The SMILES string of the molecule is COc1cc(C(=O)O)cc(NC(=O)C(C)NC(C)=O)c1OC. The van der Waals surface area contributed by atoms with Gasteiger partial charge in [-0.25, -0.2) is 4.79 Å². The van der Waals surface area contributed by atoms with Gasteiger partial charge in [-0.3, -0.25) is 9.59 Å². The summed E-state index contributed by atoms with van der Waals surface area (Å²) < 4.78 is 10.2. The second-order valence-corrected chi connectivity index (χ2v) is 4.48. The number of carbonyl (C=O) groups excluding carboxylic acids is 2. The first kappa shape index (κ1) is 17.3. The summed E-state index contributed by atoms with van der Waals surface area (Å²) in [4.78, 5) is 34.1. The number of ether oxygens (including phenoxy) is 2. The van der Waals surface area contributed by atoms with Crippen LogP contribution in [0.15, 0.2) is 12.1 Å². The number of hydrogen-bond acceptors (Lipinski definition) is 5. The fourth-order valence-corrected chi connectivity index (χ4v) is 1.79. The predicted octanol–water partition coefficient (Wildman–Crippen LogP) is 0.865. The lowest BCUT2D eigenvalue weighted by Crippen LogP contribution is -2.40. The normalized spacial score (nSPS) is 11.3. The maximum atomic E-state index is 12.0. The number of methoxy groups -OCH3 is 2. The van der Waals surface area contributed by atoms with Crippen LogP contribution < -0.4 is 20.1 Å². The van der Waals surface area contributed by atoms with Crippen LogP contribution in [0.3, 0.4) is 0 Å². The average Bonchev–Trinajstić information content (AvgIpc) is 2.45. The topological polar surface area (TPSA) is 114 Å². The standard InChI is InChI=1S/C14H18N2O6/c1-7(15-8(2)17)13(18)16-10-5-9(14(19)20)6-11(21-3)12(10)22-4/h5-7H,1-4H3,(H,15,17)(H,16,18)(H,19,20). The van der Waals surface area contributed by atoms with E-state index in [2.05, 4.69) is 10.6 Å². The van der Waals surface area contributed by atoms with Gasteiger partial charge < -0.3 is 25.2 Å². The first-order valence-corrected chi connectivity index (χ1v) is 6.37. The molecule has 0 aliphatic carbocycles. The molecule has 2 amide bonds. The fraction of sp³-hybridized carbons (Fsp3) is 0.357. The number of aromatic carboxylic acids is 1. The molecule has 3 N–H and O–H groups in total. The van der Waals surface area contributed by atoms with Gasteiger partial charge >= 0.3 is 5.97 Å². The summed E-state index contributed by atoms with van der Waals surface area (Å²) in [5.41, 5.74) is 0.0709. The third-order valence-corrected chi connectivity index (χ3v) is 2.80. The molecule has 1 atom stereocenters. The van der Waals surface area contributed by atoms with Crippen LogP contribution in [0.5, 0.6) is 11.5 Å². The molecule has 0 bridgehead atoms. The highest BCUT2D eigenvalue weighted by molar-refractivity contribution is 6.00. The number of anilines is 1. The van der Waals surface area contributed by atoms with Gasteiger partial charge in [0.15, 0.2) is 11.5 Å². The second-order valence-electron chi connectivity index (χ2n) is 4.48. The Balaban J connectivity index is 3.16. The number of rotatable bonds is 6. The van der Waals surface area contributed by atoms with E-state index in [1.807, 2.05) is 0 Å². The number of carbonyl (C=O) groups is 3. The van der Waals surface area contributed by atoms with E-state index >= 15 is 0 Å². The number of amides is 2. The molecule has 1 aromatic rings. The van der Waals surface area contributed by atoms with Crippen molar-refractivity contribution in [2.24, 2.45) is 0 Å². The molecule has 8 heteroatoms. The summed E-state index contributed by atoms with van der Waals surface area (Å²) in [7, 11) is 2.72. The van der Waals surface area contributed by atoms with Crippen LogP contribution in [0.25, 0.3) is 0 Å². The molecule has 0 spiro atoms. The molecule has 0 saturated heterocycles. The van der Waals surface area contributed by atoms with E-state index in [-0.39, 0.29) is 28.7 Å². The summed E-state index contributed by atoms with van der Waals surface area (Å²) in [6, 6.07) is 1.75. The number of hydrogen-bond donors (Lipinski definition) is 3. The number of nitrogens with one attached hydrogen (secondary N) is 2. The molecule has 1 aromatic carbocycles. The Morgan fingerprint density at radius 1 is 1.18 bits per heavy atom. The smallest absolute Gasteiger partial charge is 0.335 e. The third-order valence-electron chi connectivity index (χ3n) is 2.80. The highest BCUT2D eigenvalue weighted by Gasteiger charge is 2.20. The van der Waals surface area contributed by atoms with Gasteiger partial charge in [0.25, 0.3) is 0 Å². The van der Waals surface area contributed by atoms with Crippen LogP contribution in [0, 0.1) is 0 Å². The van der Waals surface area contributed by atoms with Crippen molar-refractivity contribution in [1.82, 2.24) is 5.32 Å². The Kier molecular flexibility index (Phi) is 5.73. The Labute approximate surface area is 127 Å². The molecule has 0 aromatic heterocycles. The lowest BCUT2D eigenvalue weighted by molar-refractivity contribution is -0.124. The van der Waals surface area contributed by atoms with Crippen LogP contribution in [0.4, 0.5) is 5.69 Å². The van der Waals surface area contributed by atoms with E-state index in [4.69, 9.17) is 14.6 Å². The van der Waals surface area contributed by atoms with Crippen molar-refractivity contribution in [3.8, 4) is 11.5 Å². The van der Waals surface area contributed by atoms with Gasteiger partial charge in [-0.2, -0.15) is 0 Å². The van der Waals surface area contributed by atoms with Crippen LogP contribution in [0.1, 0.15) is 24.2 Å². The lowest BCUT2D eigenvalue weighted by Gasteiger charge is -2.17. The van der Waals surface area contributed by atoms with Gasteiger partial charge in [-0.1, -0.05) is 0 Å². The van der Waals surface area contributed by atoms with E-state index in [0.717, 1.165) is 0 Å². The zero-order valence-electron chi connectivity index (χ0n) is 12.7. The fourth-order valence-electron chi connectivity index (χ4n) is 1.79. The van der Waals surface area contributed by atoms with Crippen molar-refractivity contribution < 1.29 is 29.0 Å². The Morgan fingerprint density at radius 2 is 1.82 bits per heavy atom. The van der Waals surface area contributed by atoms with Crippen LogP contribution in [0.2, 0.25) is 0 Å². The largest absolute Gasteiger partial charge is 0.493 e.